The molecule has 1 fully saturated rings. The van der Waals surface area contributed by atoms with Crippen LogP contribution in [0.2, 0.25) is 5.02 Å². The molecule has 0 atom stereocenters. The van der Waals surface area contributed by atoms with E-state index in [2.05, 4.69) is 0 Å². The van der Waals surface area contributed by atoms with Crippen molar-refractivity contribution in [3.8, 4) is 0 Å². The minimum atomic E-state index is -3.62. The highest BCUT2D eigenvalue weighted by Crippen LogP contribution is 2.53. The Labute approximate surface area is 93.3 Å². The fraction of sp³-hybridized carbons (Fsp3) is 0.333. The van der Waals surface area contributed by atoms with Gasteiger partial charge in [0.2, 0.25) is 10.0 Å². The Morgan fingerprint density at radius 2 is 1.93 bits per heavy atom. The van der Waals surface area contributed by atoms with E-state index in [1.165, 1.54) is 0 Å². The Morgan fingerprint density at radius 3 is 2.40 bits per heavy atom. The van der Waals surface area contributed by atoms with Gasteiger partial charge in [0.05, 0.1) is 0 Å². The lowest BCUT2D eigenvalue weighted by atomic mass is 10.1. The first-order valence-corrected chi connectivity index (χ1v) is 6.37. The SMILES string of the molecule is Nc1ccc(Cl)c(C2(S(N)(=O)=O)CC2)c1. The standard InChI is InChI=1S/C9H11ClN2O2S/c10-8-2-1-6(11)5-7(8)9(3-4-9)15(12,13)14/h1-2,5H,3-4,11H2,(H2,12,13,14). The molecular weight excluding hydrogens is 236 g/mol. The first kappa shape index (κ1) is 10.7. The number of sulfonamides is 1. The molecule has 0 spiro atoms. The van der Waals surface area contributed by atoms with E-state index in [9.17, 15) is 8.42 Å². The minimum absolute atomic E-state index is 0.399. The predicted molar refractivity (Wildman–Crippen MR) is 59.9 cm³/mol. The lowest BCUT2D eigenvalue weighted by Crippen LogP contribution is -2.28. The predicted octanol–water partition coefficient (Wildman–Crippen LogP) is 1.20. The van der Waals surface area contributed by atoms with Gasteiger partial charge in [0, 0.05) is 10.7 Å². The fourth-order valence-corrected chi connectivity index (χ4v) is 3.21. The van der Waals surface area contributed by atoms with Gasteiger partial charge >= 0.3 is 0 Å². The van der Waals surface area contributed by atoms with Gasteiger partial charge in [-0.1, -0.05) is 11.6 Å². The van der Waals surface area contributed by atoms with E-state index in [1.807, 2.05) is 0 Å². The molecule has 1 aromatic rings. The van der Waals surface area contributed by atoms with Crippen molar-refractivity contribution in [2.45, 2.75) is 17.6 Å². The molecule has 1 saturated carbocycles. The summed E-state index contributed by atoms with van der Waals surface area (Å²) in [5.41, 5.74) is 6.61. The summed E-state index contributed by atoms with van der Waals surface area (Å²) in [5.74, 6) is 0. The van der Waals surface area contributed by atoms with Crippen LogP contribution in [0.25, 0.3) is 0 Å². The molecule has 4 nitrogen and oxygen atoms in total. The topological polar surface area (TPSA) is 86.2 Å². The fourth-order valence-electron chi connectivity index (χ4n) is 1.71. The van der Waals surface area contributed by atoms with Gasteiger partial charge in [-0.3, -0.25) is 0 Å². The Bertz CT molecular complexity index is 509. The van der Waals surface area contributed by atoms with Crippen molar-refractivity contribution in [2.75, 3.05) is 5.73 Å². The molecule has 0 saturated heterocycles. The van der Waals surface area contributed by atoms with Gasteiger partial charge in [-0.15, -0.1) is 0 Å². The molecule has 1 aliphatic carbocycles. The number of halogens is 1. The minimum Gasteiger partial charge on any atom is -0.399 e. The Morgan fingerprint density at radius 1 is 1.33 bits per heavy atom. The van der Waals surface area contributed by atoms with Crippen LogP contribution in [0.1, 0.15) is 18.4 Å². The number of nitrogen functional groups attached to an aromatic ring is 1. The second-order valence-electron chi connectivity index (χ2n) is 3.78. The van der Waals surface area contributed by atoms with Crippen LogP contribution in [0, 0.1) is 0 Å². The average molecular weight is 247 g/mol. The summed E-state index contributed by atoms with van der Waals surface area (Å²) < 4.78 is 21.9. The summed E-state index contributed by atoms with van der Waals surface area (Å²) in [5, 5.41) is 5.60. The molecule has 0 aliphatic heterocycles. The Kier molecular flexibility index (Phi) is 2.22. The van der Waals surface area contributed by atoms with Gasteiger partial charge in [-0.2, -0.15) is 0 Å². The van der Waals surface area contributed by atoms with Crippen molar-refractivity contribution in [1.29, 1.82) is 0 Å². The van der Waals surface area contributed by atoms with Gasteiger partial charge in [0.15, 0.2) is 0 Å². The van der Waals surface area contributed by atoms with Gasteiger partial charge in [0.25, 0.3) is 0 Å². The molecular formula is C9H11ClN2O2S. The monoisotopic (exact) mass is 246 g/mol. The number of primary sulfonamides is 1. The zero-order valence-electron chi connectivity index (χ0n) is 7.90. The number of hydrogen-bond acceptors (Lipinski definition) is 3. The number of anilines is 1. The molecule has 1 aromatic carbocycles. The smallest absolute Gasteiger partial charge is 0.219 e. The van der Waals surface area contributed by atoms with Gasteiger partial charge in [0.1, 0.15) is 4.75 Å². The summed E-state index contributed by atoms with van der Waals surface area (Å²) in [6, 6.07) is 4.81. The van der Waals surface area contributed by atoms with Gasteiger partial charge in [-0.05, 0) is 36.6 Å². The van der Waals surface area contributed by atoms with Crippen LogP contribution in [0.15, 0.2) is 18.2 Å². The van der Waals surface area contributed by atoms with E-state index in [1.54, 1.807) is 18.2 Å². The first-order valence-electron chi connectivity index (χ1n) is 4.45. The largest absolute Gasteiger partial charge is 0.399 e. The van der Waals surface area contributed by atoms with Crippen molar-refractivity contribution >= 4 is 27.3 Å². The Balaban J connectivity index is 2.60. The van der Waals surface area contributed by atoms with Crippen LogP contribution in [0.3, 0.4) is 0 Å². The third kappa shape index (κ3) is 1.60. The Hall–Kier alpha value is -0.780. The second-order valence-corrected chi connectivity index (χ2v) is 6.06. The third-order valence-electron chi connectivity index (χ3n) is 2.73. The van der Waals surface area contributed by atoms with E-state index in [0.29, 0.717) is 29.1 Å². The summed E-state index contributed by atoms with van der Waals surface area (Å²) in [7, 11) is -3.62. The maximum atomic E-state index is 11.5. The molecule has 0 amide bonds. The quantitative estimate of drug-likeness (QED) is 0.769. The van der Waals surface area contributed by atoms with Crippen LogP contribution < -0.4 is 10.9 Å². The molecule has 82 valence electrons. The van der Waals surface area contributed by atoms with Crippen LogP contribution in [-0.4, -0.2) is 8.42 Å². The van der Waals surface area contributed by atoms with Crippen LogP contribution >= 0.6 is 11.6 Å². The summed E-state index contributed by atoms with van der Waals surface area (Å²) in [6.07, 6.45) is 1.02. The van der Waals surface area contributed by atoms with Crippen molar-refractivity contribution in [3.05, 3.63) is 28.8 Å². The average Bonchev–Trinajstić information content (AvgIpc) is 2.88. The highest BCUT2D eigenvalue weighted by molar-refractivity contribution is 7.90. The molecule has 4 N–H and O–H groups in total. The molecule has 2 rings (SSSR count). The molecule has 6 heteroatoms. The molecule has 0 heterocycles. The van der Waals surface area contributed by atoms with Crippen molar-refractivity contribution in [3.63, 3.8) is 0 Å². The number of nitrogens with two attached hydrogens (primary N) is 2. The van der Waals surface area contributed by atoms with Crippen molar-refractivity contribution in [1.82, 2.24) is 0 Å². The highest BCUT2D eigenvalue weighted by Gasteiger charge is 2.55. The maximum absolute atomic E-state index is 11.5. The summed E-state index contributed by atoms with van der Waals surface area (Å²) in [6.45, 7) is 0. The van der Waals surface area contributed by atoms with Crippen LogP contribution in [0.5, 0.6) is 0 Å². The summed E-state index contributed by atoms with van der Waals surface area (Å²) >= 11 is 5.95. The lowest BCUT2D eigenvalue weighted by molar-refractivity contribution is 0.582. The molecule has 1 aliphatic rings. The van der Waals surface area contributed by atoms with Crippen molar-refractivity contribution < 1.29 is 8.42 Å². The zero-order chi connectivity index (χ0) is 11.3. The molecule has 15 heavy (non-hydrogen) atoms. The zero-order valence-corrected chi connectivity index (χ0v) is 9.48. The summed E-state index contributed by atoms with van der Waals surface area (Å²) in [4.78, 5) is 0. The second kappa shape index (κ2) is 3.10. The van der Waals surface area contributed by atoms with E-state index >= 15 is 0 Å². The van der Waals surface area contributed by atoms with Gasteiger partial charge < -0.3 is 5.73 Å². The van der Waals surface area contributed by atoms with Gasteiger partial charge in [-0.25, -0.2) is 13.6 Å². The van der Waals surface area contributed by atoms with E-state index in [-0.39, 0.29) is 0 Å². The maximum Gasteiger partial charge on any atom is 0.219 e. The molecule has 0 radical (unpaired) electrons. The van der Waals surface area contributed by atoms with Crippen molar-refractivity contribution in [2.24, 2.45) is 5.14 Å². The van der Waals surface area contributed by atoms with Crippen LogP contribution in [-0.2, 0) is 14.8 Å². The molecule has 0 bridgehead atoms. The van der Waals surface area contributed by atoms with E-state index < -0.39 is 14.8 Å². The van der Waals surface area contributed by atoms with E-state index in [4.69, 9.17) is 22.5 Å². The number of rotatable bonds is 2. The molecule has 0 aromatic heterocycles. The first-order chi connectivity index (χ1) is 6.87. The highest BCUT2D eigenvalue weighted by atomic mass is 35.5. The lowest BCUT2D eigenvalue weighted by Gasteiger charge is -2.15. The normalized spacial score (nSPS) is 18.8. The van der Waals surface area contributed by atoms with E-state index in [0.717, 1.165) is 0 Å². The molecule has 0 unspecified atom stereocenters. The van der Waals surface area contributed by atoms with Crippen LogP contribution in [0.4, 0.5) is 5.69 Å². The third-order valence-corrected chi connectivity index (χ3v) is 4.78. The number of benzene rings is 1. The number of hydrogen-bond donors (Lipinski definition) is 2.